The molecule has 3 aromatic rings. The van der Waals surface area contributed by atoms with Crippen molar-refractivity contribution in [2.45, 2.75) is 0 Å². The van der Waals surface area contributed by atoms with E-state index in [-0.39, 0.29) is 5.82 Å². The standard InChI is InChI=1S/C10H7N5O/c11-8(16)10-14-13-9-7-4-2-1-3-6(7)5-12-15(9)10/h1-5H,(H2,11,16). The van der Waals surface area contributed by atoms with Crippen LogP contribution in [0.3, 0.4) is 0 Å². The number of rotatable bonds is 1. The van der Waals surface area contributed by atoms with Gasteiger partial charge in [-0.25, -0.2) is 0 Å². The number of nitrogens with two attached hydrogens (primary N) is 1. The van der Waals surface area contributed by atoms with E-state index in [0.717, 1.165) is 10.8 Å². The van der Waals surface area contributed by atoms with Crippen LogP contribution in [-0.4, -0.2) is 25.7 Å². The third-order valence-electron chi connectivity index (χ3n) is 2.38. The van der Waals surface area contributed by atoms with E-state index in [0.29, 0.717) is 5.65 Å². The molecule has 0 atom stereocenters. The van der Waals surface area contributed by atoms with Gasteiger partial charge in [0.25, 0.3) is 5.91 Å². The van der Waals surface area contributed by atoms with Gasteiger partial charge in [0.15, 0.2) is 5.65 Å². The molecule has 0 radical (unpaired) electrons. The second kappa shape index (κ2) is 2.99. The third kappa shape index (κ3) is 1.07. The Balaban J connectivity index is 2.49. The summed E-state index contributed by atoms with van der Waals surface area (Å²) in [6.45, 7) is 0. The Morgan fingerprint density at radius 1 is 1.25 bits per heavy atom. The molecule has 0 aliphatic heterocycles. The fourth-order valence-corrected chi connectivity index (χ4v) is 1.64. The number of hydrogen-bond acceptors (Lipinski definition) is 4. The van der Waals surface area contributed by atoms with E-state index in [9.17, 15) is 4.79 Å². The highest BCUT2D eigenvalue weighted by Crippen LogP contribution is 2.16. The predicted octanol–water partition coefficient (Wildman–Crippen LogP) is 0.376. The molecule has 16 heavy (non-hydrogen) atoms. The second-order valence-corrected chi connectivity index (χ2v) is 3.36. The Labute approximate surface area is 89.7 Å². The smallest absolute Gasteiger partial charge is 0.288 e. The largest absolute Gasteiger partial charge is 0.363 e. The first kappa shape index (κ1) is 8.78. The normalized spacial score (nSPS) is 11.0. The minimum absolute atomic E-state index is 0.0424. The fourth-order valence-electron chi connectivity index (χ4n) is 1.64. The number of aromatic nitrogens is 4. The number of nitrogens with zero attached hydrogens (tertiary/aromatic N) is 4. The van der Waals surface area contributed by atoms with Gasteiger partial charge in [-0.1, -0.05) is 24.3 Å². The average Bonchev–Trinajstić information content (AvgIpc) is 2.73. The van der Waals surface area contributed by atoms with E-state index < -0.39 is 5.91 Å². The van der Waals surface area contributed by atoms with Crippen LogP contribution in [0.4, 0.5) is 0 Å². The Morgan fingerprint density at radius 3 is 2.88 bits per heavy atom. The van der Waals surface area contributed by atoms with Gasteiger partial charge >= 0.3 is 0 Å². The summed E-state index contributed by atoms with van der Waals surface area (Å²) in [5.41, 5.74) is 5.70. The number of hydrogen-bond donors (Lipinski definition) is 1. The Morgan fingerprint density at radius 2 is 2.06 bits per heavy atom. The van der Waals surface area contributed by atoms with Crippen LogP contribution >= 0.6 is 0 Å². The zero-order valence-electron chi connectivity index (χ0n) is 8.16. The summed E-state index contributed by atoms with van der Waals surface area (Å²) in [6.07, 6.45) is 1.65. The number of carbonyl (C=O) groups excluding carboxylic acids is 1. The Kier molecular flexibility index (Phi) is 1.64. The molecule has 0 saturated carbocycles. The first-order chi connectivity index (χ1) is 7.77. The highest BCUT2D eigenvalue weighted by molar-refractivity contribution is 5.95. The molecule has 0 aliphatic rings. The van der Waals surface area contributed by atoms with Gasteiger partial charge in [-0.15, -0.1) is 10.2 Å². The molecule has 78 valence electrons. The molecule has 2 aromatic heterocycles. The minimum Gasteiger partial charge on any atom is -0.363 e. The SMILES string of the molecule is NC(=O)c1nnc2c3ccccc3cnn12. The van der Waals surface area contributed by atoms with Crippen molar-refractivity contribution in [3.05, 3.63) is 36.3 Å². The van der Waals surface area contributed by atoms with Crippen LogP contribution in [0.1, 0.15) is 10.6 Å². The molecule has 0 spiro atoms. The molecule has 0 saturated heterocycles. The van der Waals surface area contributed by atoms with Crippen LogP contribution in [0.5, 0.6) is 0 Å². The van der Waals surface area contributed by atoms with Crippen molar-refractivity contribution >= 4 is 22.3 Å². The van der Waals surface area contributed by atoms with E-state index in [1.165, 1.54) is 4.52 Å². The van der Waals surface area contributed by atoms with Crippen LogP contribution in [0.2, 0.25) is 0 Å². The second-order valence-electron chi connectivity index (χ2n) is 3.36. The molecule has 0 unspecified atom stereocenters. The number of benzene rings is 1. The van der Waals surface area contributed by atoms with Gasteiger partial charge in [0.2, 0.25) is 5.82 Å². The maximum atomic E-state index is 11.1. The van der Waals surface area contributed by atoms with Crippen LogP contribution in [-0.2, 0) is 0 Å². The summed E-state index contributed by atoms with van der Waals surface area (Å²) in [5, 5.41) is 13.5. The lowest BCUT2D eigenvalue weighted by Crippen LogP contribution is -2.16. The fraction of sp³-hybridized carbons (Fsp3) is 0. The van der Waals surface area contributed by atoms with Crippen molar-refractivity contribution in [3.8, 4) is 0 Å². The van der Waals surface area contributed by atoms with E-state index in [2.05, 4.69) is 15.3 Å². The molecule has 0 bridgehead atoms. The molecule has 0 aliphatic carbocycles. The number of carbonyl (C=O) groups is 1. The third-order valence-corrected chi connectivity index (χ3v) is 2.38. The van der Waals surface area contributed by atoms with Crippen LogP contribution < -0.4 is 5.73 Å². The average molecular weight is 213 g/mol. The molecule has 2 N–H and O–H groups in total. The molecule has 3 rings (SSSR count). The van der Waals surface area contributed by atoms with Crippen LogP contribution in [0, 0.1) is 0 Å². The van der Waals surface area contributed by atoms with Gasteiger partial charge in [0.05, 0.1) is 6.20 Å². The summed E-state index contributed by atoms with van der Waals surface area (Å²) in [6, 6.07) is 7.61. The van der Waals surface area contributed by atoms with Crippen molar-refractivity contribution in [1.82, 2.24) is 19.8 Å². The van der Waals surface area contributed by atoms with Gasteiger partial charge in [0, 0.05) is 10.8 Å². The summed E-state index contributed by atoms with van der Waals surface area (Å²) in [4.78, 5) is 11.1. The maximum Gasteiger partial charge on any atom is 0.288 e. The maximum absolute atomic E-state index is 11.1. The first-order valence-corrected chi connectivity index (χ1v) is 4.66. The lowest BCUT2D eigenvalue weighted by atomic mass is 10.2. The van der Waals surface area contributed by atoms with Crippen molar-refractivity contribution in [1.29, 1.82) is 0 Å². The highest BCUT2D eigenvalue weighted by atomic mass is 16.1. The Hall–Kier alpha value is -2.50. The van der Waals surface area contributed by atoms with Crippen LogP contribution in [0.25, 0.3) is 16.4 Å². The molecule has 6 nitrogen and oxygen atoms in total. The quantitative estimate of drug-likeness (QED) is 0.633. The lowest BCUT2D eigenvalue weighted by molar-refractivity contribution is 0.0988. The van der Waals surface area contributed by atoms with Crippen LogP contribution in [0.15, 0.2) is 30.5 Å². The van der Waals surface area contributed by atoms with Gasteiger partial charge in [-0.2, -0.15) is 9.61 Å². The first-order valence-electron chi connectivity index (χ1n) is 4.66. The van der Waals surface area contributed by atoms with E-state index in [1.807, 2.05) is 24.3 Å². The monoisotopic (exact) mass is 213 g/mol. The molecule has 0 fully saturated rings. The molecular weight excluding hydrogens is 206 g/mol. The Bertz CT molecular complexity index is 703. The van der Waals surface area contributed by atoms with E-state index >= 15 is 0 Å². The predicted molar refractivity (Wildman–Crippen MR) is 56.8 cm³/mol. The molecule has 2 heterocycles. The number of primary amides is 1. The zero-order valence-corrected chi connectivity index (χ0v) is 8.16. The highest BCUT2D eigenvalue weighted by Gasteiger charge is 2.13. The van der Waals surface area contributed by atoms with Gasteiger partial charge < -0.3 is 5.73 Å². The van der Waals surface area contributed by atoms with Crippen molar-refractivity contribution in [2.75, 3.05) is 0 Å². The molecule has 6 heteroatoms. The summed E-state index contributed by atoms with van der Waals surface area (Å²) < 4.78 is 1.35. The molecular formula is C10H7N5O. The van der Waals surface area contributed by atoms with E-state index in [1.54, 1.807) is 6.20 Å². The van der Waals surface area contributed by atoms with Crippen molar-refractivity contribution in [3.63, 3.8) is 0 Å². The summed E-state index contributed by atoms with van der Waals surface area (Å²) >= 11 is 0. The van der Waals surface area contributed by atoms with Gasteiger partial charge in [0.1, 0.15) is 0 Å². The zero-order chi connectivity index (χ0) is 11.1. The number of fused-ring (bicyclic) bond motifs is 3. The van der Waals surface area contributed by atoms with Crippen molar-refractivity contribution in [2.24, 2.45) is 5.73 Å². The number of amides is 1. The molecule has 1 amide bonds. The topological polar surface area (TPSA) is 86.2 Å². The minimum atomic E-state index is -0.643. The van der Waals surface area contributed by atoms with Crippen molar-refractivity contribution < 1.29 is 4.79 Å². The summed E-state index contributed by atoms with van der Waals surface area (Å²) in [7, 11) is 0. The molecule has 1 aromatic carbocycles. The van der Waals surface area contributed by atoms with Gasteiger partial charge in [-0.3, -0.25) is 4.79 Å². The van der Waals surface area contributed by atoms with Gasteiger partial charge in [-0.05, 0) is 0 Å². The summed E-state index contributed by atoms with van der Waals surface area (Å²) in [5.74, 6) is -0.601. The lowest BCUT2D eigenvalue weighted by Gasteiger charge is -1.98. The van der Waals surface area contributed by atoms with E-state index in [4.69, 9.17) is 5.73 Å².